The van der Waals surface area contributed by atoms with Gasteiger partial charge in [-0.2, -0.15) is 5.26 Å². The quantitative estimate of drug-likeness (QED) is 0.526. The Balaban J connectivity index is 2.14. The van der Waals surface area contributed by atoms with Crippen molar-refractivity contribution in [3.05, 3.63) is 88.7 Å². The highest BCUT2D eigenvalue weighted by Gasteiger charge is 2.19. The van der Waals surface area contributed by atoms with Crippen molar-refractivity contribution in [3.8, 4) is 17.2 Å². The van der Waals surface area contributed by atoms with Gasteiger partial charge in [0.15, 0.2) is 0 Å². The van der Waals surface area contributed by atoms with E-state index in [1.54, 1.807) is 16.7 Å². The van der Waals surface area contributed by atoms with Crippen LogP contribution in [0.25, 0.3) is 11.1 Å². The van der Waals surface area contributed by atoms with E-state index in [2.05, 4.69) is 49.0 Å². The molecule has 0 spiro atoms. The van der Waals surface area contributed by atoms with Crippen LogP contribution in [0.15, 0.2) is 76.9 Å². The molecule has 0 aliphatic carbocycles. The van der Waals surface area contributed by atoms with Crippen LogP contribution in [0.1, 0.15) is 16.0 Å². The standard InChI is InChI=1S/C20H15NS2/c1-2-22-20-17(14-21)19(16-11-7-4-8-12-16)18(23-20)13-15-9-5-3-6-10-15/h2-12H,1,13H2. The van der Waals surface area contributed by atoms with Crippen molar-refractivity contribution in [2.45, 2.75) is 10.6 Å². The number of hydrogen-bond donors (Lipinski definition) is 0. The Kier molecular flexibility index (Phi) is 4.97. The molecule has 1 aromatic heterocycles. The molecule has 1 nitrogen and oxygen atoms in total. The molecule has 3 rings (SSSR count). The van der Waals surface area contributed by atoms with E-state index in [0.717, 1.165) is 27.3 Å². The van der Waals surface area contributed by atoms with Gasteiger partial charge >= 0.3 is 0 Å². The second kappa shape index (κ2) is 7.32. The number of nitrogens with zero attached hydrogens (tertiary/aromatic N) is 1. The predicted molar refractivity (Wildman–Crippen MR) is 99.8 cm³/mol. The summed E-state index contributed by atoms with van der Waals surface area (Å²) in [6.45, 7) is 3.79. The van der Waals surface area contributed by atoms with Gasteiger partial charge in [-0.05, 0) is 16.5 Å². The maximum atomic E-state index is 9.68. The Morgan fingerprint density at radius 3 is 2.30 bits per heavy atom. The van der Waals surface area contributed by atoms with Crippen LogP contribution in [0.2, 0.25) is 0 Å². The zero-order valence-corrected chi connectivity index (χ0v) is 14.2. The van der Waals surface area contributed by atoms with E-state index < -0.39 is 0 Å². The molecule has 0 aliphatic heterocycles. The molecule has 3 aromatic rings. The number of benzene rings is 2. The predicted octanol–water partition coefficient (Wildman–Crippen LogP) is 6.11. The third kappa shape index (κ3) is 3.39. The molecule has 0 radical (unpaired) electrons. The van der Waals surface area contributed by atoms with E-state index in [9.17, 15) is 5.26 Å². The lowest BCUT2D eigenvalue weighted by molar-refractivity contribution is 1.24. The Morgan fingerprint density at radius 2 is 1.70 bits per heavy atom. The van der Waals surface area contributed by atoms with Crippen LogP contribution in [-0.2, 0) is 6.42 Å². The highest BCUT2D eigenvalue weighted by molar-refractivity contribution is 8.03. The smallest absolute Gasteiger partial charge is 0.102 e. The van der Waals surface area contributed by atoms with Gasteiger partial charge in [0.2, 0.25) is 0 Å². The fraction of sp³-hybridized carbons (Fsp3) is 0.0500. The van der Waals surface area contributed by atoms with Gasteiger partial charge in [-0.15, -0.1) is 11.3 Å². The van der Waals surface area contributed by atoms with Gasteiger partial charge in [0.1, 0.15) is 6.07 Å². The molecule has 0 saturated carbocycles. The Hall–Kier alpha value is -2.28. The fourth-order valence-corrected chi connectivity index (χ4v) is 4.68. The van der Waals surface area contributed by atoms with Gasteiger partial charge in [-0.25, -0.2) is 0 Å². The lowest BCUT2D eigenvalue weighted by Crippen LogP contribution is -1.89. The van der Waals surface area contributed by atoms with Crippen LogP contribution in [-0.4, -0.2) is 0 Å². The van der Waals surface area contributed by atoms with Crippen molar-refractivity contribution >= 4 is 23.1 Å². The maximum absolute atomic E-state index is 9.68. The molecule has 0 aliphatic rings. The highest BCUT2D eigenvalue weighted by Crippen LogP contribution is 2.42. The van der Waals surface area contributed by atoms with Gasteiger partial charge < -0.3 is 0 Å². The van der Waals surface area contributed by atoms with Crippen LogP contribution in [0.3, 0.4) is 0 Å². The first-order chi connectivity index (χ1) is 11.3. The second-order valence-corrected chi connectivity index (χ2v) is 7.33. The summed E-state index contributed by atoms with van der Waals surface area (Å²) in [4.78, 5) is 1.23. The van der Waals surface area contributed by atoms with Crippen LogP contribution < -0.4 is 0 Å². The first kappa shape index (κ1) is 15.6. The zero-order chi connectivity index (χ0) is 16.1. The molecule has 0 amide bonds. The number of hydrogen-bond acceptors (Lipinski definition) is 3. The topological polar surface area (TPSA) is 23.8 Å². The van der Waals surface area contributed by atoms with E-state index in [1.165, 1.54) is 22.2 Å². The molecule has 0 fully saturated rings. The van der Waals surface area contributed by atoms with Crippen molar-refractivity contribution in [2.75, 3.05) is 0 Å². The van der Waals surface area contributed by atoms with E-state index >= 15 is 0 Å². The minimum absolute atomic E-state index is 0.761. The fourth-order valence-electron chi connectivity index (χ4n) is 2.53. The lowest BCUT2D eigenvalue weighted by atomic mass is 9.99. The summed E-state index contributed by atoms with van der Waals surface area (Å²) in [6, 6.07) is 22.9. The molecule has 2 aromatic carbocycles. The molecule has 3 heteroatoms. The number of nitriles is 1. The Bertz CT molecular complexity index is 843. The van der Waals surface area contributed by atoms with Gasteiger partial charge in [-0.1, -0.05) is 79.0 Å². The first-order valence-corrected chi connectivity index (χ1v) is 8.95. The van der Waals surface area contributed by atoms with Crippen molar-refractivity contribution in [2.24, 2.45) is 0 Å². The number of thioether (sulfide) groups is 1. The molecular weight excluding hydrogens is 318 g/mol. The number of rotatable bonds is 5. The average molecular weight is 333 g/mol. The summed E-state index contributed by atoms with van der Waals surface area (Å²) in [5, 5.41) is 11.5. The van der Waals surface area contributed by atoms with Crippen LogP contribution in [0, 0.1) is 11.3 Å². The van der Waals surface area contributed by atoms with E-state index in [-0.39, 0.29) is 0 Å². The minimum atomic E-state index is 0.761. The van der Waals surface area contributed by atoms with Crippen molar-refractivity contribution in [1.82, 2.24) is 0 Å². The monoisotopic (exact) mass is 333 g/mol. The van der Waals surface area contributed by atoms with Gasteiger partial charge in [0.25, 0.3) is 0 Å². The molecular formula is C20H15NS2. The summed E-state index contributed by atoms with van der Waals surface area (Å²) >= 11 is 3.22. The SMILES string of the molecule is C=CSc1sc(Cc2ccccc2)c(-c2ccccc2)c1C#N. The summed E-state index contributed by atoms with van der Waals surface area (Å²) in [7, 11) is 0. The van der Waals surface area contributed by atoms with Crippen LogP contribution in [0.5, 0.6) is 0 Å². The van der Waals surface area contributed by atoms with Crippen molar-refractivity contribution in [1.29, 1.82) is 5.26 Å². The summed E-state index contributed by atoms with van der Waals surface area (Å²) in [5.74, 6) is 0. The van der Waals surface area contributed by atoms with E-state index in [1.807, 2.05) is 24.3 Å². The van der Waals surface area contributed by atoms with Crippen molar-refractivity contribution < 1.29 is 0 Å². The normalized spacial score (nSPS) is 10.2. The molecule has 112 valence electrons. The second-order valence-electron chi connectivity index (χ2n) is 4.99. The number of thiophene rings is 1. The van der Waals surface area contributed by atoms with Crippen LogP contribution >= 0.6 is 23.1 Å². The van der Waals surface area contributed by atoms with E-state index in [4.69, 9.17) is 0 Å². The molecule has 0 bridgehead atoms. The summed E-state index contributed by atoms with van der Waals surface area (Å²) < 4.78 is 1.02. The molecule has 23 heavy (non-hydrogen) atoms. The molecule has 1 heterocycles. The lowest BCUT2D eigenvalue weighted by Gasteiger charge is -2.05. The van der Waals surface area contributed by atoms with Crippen LogP contribution in [0.4, 0.5) is 0 Å². The Labute approximate surface area is 144 Å². The minimum Gasteiger partial charge on any atom is -0.192 e. The summed E-state index contributed by atoms with van der Waals surface area (Å²) in [5.41, 5.74) is 4.18. The average Bonchev–Trinajstić information content (AvgIpc) is 2.94. The third-order valence-corrected chi connectivity index (χ3v) is 5.63. The van der Waals surface area contributed by atoms with Gasteiger partial charge in [-0.3, -0.25) is 0 Å². The third-order valence-electron chi connectivity index (χ3n) is 3.52. The molecule has 0 unspecified atom stereocenters. The Morgan fingerprint density at radius 1 is 1.04 bits per heavy atom. The summed E-state index contributed by atoms with van der Waals surface area (Å²) in [6.07, 6.45) is 0.835. The largest absolute Gasteiger partial charge is 0.192 e. The molecule has 0 N–H and O–H groups in total. The zero-order valence-electron chi connectivity index (χ0n) is 12.5. The van der Waals surface area contributed by atoms with E-state index in [0.29, 0.717) is 0 Å². The highest BCUT2D eigenvalue weighted by atomic mass is 32.2. The van der Waals surface area contributed by atoms with Gasteiger partial charge in [0, 0.05) is 16.9 Å². The molecule has 0 atom stereocenters. The maximum Gasteiger partial charge on any atom is 0.102 e. The van der Waals surface area contributed by atoms with Gasteiger partial charge in [0.05, 0.1) is 9.77 Å². The molecule has 0 saturated heterocycles. The van der Waals surface area contributed by atoms with Crippen molar-refractivity contribution in [3.63, 3.8) is 0 Å². The first-order valence-electron chi connectivity index (χ1n) is 7.26.